The van der Waals surface area contributed by atoms with Crippen LogP contribution in [0.3, 0.4) is 0 Å². The number of nitrogens with one attached hydrogen (secondary N) is 2. The fraction of sp³-hybridized carbons (Fsp3) is 0.240. The lowest BCUT2D eigenvalue weighted by Crippen LogP contribution is -2.14. The zero-order valence-electron chi connectivity index (χ0n) is 18.6. The van der Waals surface area contributed by atoms with Gasteiger partial charge in [-0.05, 0) is 65.8 Å². The lowest BCUT2D eigenvalue weighted by atomic mass is 10.1. The molecular formula is C25H22F3N7. The molecule has 35 heavy (non-hydrogen) atoms. The van der Waals surface area contributed by atoms with Gasteiger partial charge in [-0.3, -0.25) is 9.98 Å². The first kappa shape index (κ1) is 22.7. The number of benzene rings is 1. The number of alkyl halides is 3. The molecule has 0 spiro atoms. The molecule has 0 unspecified atom stereocenters. The summed E-state index contributed by atoms with van der Waals surface area (Å²) in [4.78, 5) is 21.9. The molecule has 3 aromatic rings. The first-order chi connectivity index (χ1) is 16.9. The van der Waals surface area contributed by atoms with Gasteiger partial charge >= 0.3 is 6.18 Å². The van der Waals surface area contributed by atoms with Crippen molar-refractivity contribution in [1.82, 2.24) is 19.9 Å². The van der Waals surface area contributed by atoms with Crippen LogP contribution in [0.15, 0.2) is 65.4 Å². The lowest BCUT2D eigenvalue weighted by molar-refractivity contribution is -0.137. The van der Waals surface area contributed by atoms with E-state index in [2.05, 4.69) is 35.6 Å². The van der Waals surface area contributed by atoms with Crippen molar-refractivity contribution >= 4 is 29.9 Å². The molecule has 0 amide bonds. The van der Waals surface area contributed by atoms with Crippen LogP contribution in [-0.2, 0) is 12.7 Å². The highest BCUT2D eigenvalue weighted by Crippen LogP contribution is 2.37. The van der Waals surface area contributed by atoms with Crippen LogP contribution in [0, 0.1) is 5.92 Å². The van der Waals surface area contributed by atoms with Crippen LogP contribution in [0.25, 0.3) is 12.2 Å². The maximum absolute atomic E-state index is 13.0. The Balaban J connectivity index is 1.38. The summed E-state index contributed by atoms with van der Waals surface area (Å²) in [6, 6.07) is 8.83. The Hall–Kier alpha value is -4.08. The van der Waals surface area contributed by atoms with Crippen LogP contribution in [-0.4, -0.2) is 32.3 Å². The smallest absolute Gasteiger partial charge is 0.350 e. The summed E-state index contributed by atoms with van der Waals surface area (Å²) in [5.41, 5.74) is 1.92. The highest BCUT2D eigenvalue weighted by Gasteiger charge is 2.30. The molecule has 3 heterocycles. The minimum atomic E-state index is -4.41. The van der Waals surface area contributed by atoms with Crippen LogP contribution in [0.4, 0.5) is 25.1 Å². The second-order valence-corrected chi connectivity index (χ2v) is 8.33. The summed E-state index contributed by atoms with van der Waals surface area (Å²) < 4.78 is 39.1. The Bertz CT molecular complexity index is 1300. The second kappa shape index (κ2) is 9.65. The fourth-order valence-electron chi connectivity index (χ4n) is 3.61. The number of nitrogens with zero attached hydrogens (tertiary/aromatic N) is 5. The Morgan fingerprint density at radius 1 is 1.00 bits per heavy atom. The zero-order valence-corrected chi connectivity index (χ0v) is 18.6. The third-order valence-corrected chi connectivity index (χ3v) is 5.56. The summed E-state index contributed by atoms with van der Waals surface area (Å²) in [6.45, 7) is 1.12. The number of pyridine rings is 1. The van der Waals surface area contributed by atoms with E-state index in [0.29, 0.717) is 48.1 Å². The van der Waals surface area contributed by atoms with Gasteiger partial charge in [0.05, 0.1) is 12.1 Å². The van der Waals surface area contributed by atoms with E-state index >= 15 is 0 Å². The van der Waals surface area contributed by atoms with E-state index in [1.165, 1.54) is 30.6 Å². The molecule has 1 aliphatic heterocycles. The van der Waals surface area contributed by atoms with E-state index in [4.69, 9.17) is 0 Å². The SMILES string of the molecule is FC(F)(F)c1cccc(/C=C/c2nc(NCc3cccnc3)nc(NC3=NCC(C4CC4)=C3)n2)c1. The van der Waals surface area contributed by atoms with E-state index in [1.807, 2.05) is 18.2 Å². The first-order valence-electron chi connectivity index (χ1n) is 11.2. The maximum Gasteiger partial charge on any atom is 0.416 e. The first-order valence-corrected chi connectivity index (χ1v) is 11.2. The molecule has 1 aromatic carbocycles. The topological polar surface area (TPSA) is 88.0 Å². The number of aromatic nitrogens is 4. The molecule has 0 bridgehead atoms. The van der Waals surface area contributed by atoms with Crippen molar-refractivity contribution in [2.24, 2.45) is 10.9 Å². The Labute approximate surface area is 200 Å². The number of aliphatic imine (C=N–C) groups is 1. The van der Waals surface area contributed by atoms with E-state index in [1.54, 1.807) is 24.5 Å². The van der Waals surface area contributed by atoms with Crippen molar-refractivity contribution in [3.05, 3.63) is 83.0 Å². The predicted octanol–water partition coefficient (Wildman–Crippen LogP) is 5.23. The van der Waals surface area contributed by atoms with Gasteiger partial charge in [0.1, 0.15) is 5.84 Å². The number of anilines is 2. The molecule has 0 atom stereocenters. The molecule has 7 nitrogen and oxygen atoms in total. The highest BCUT2D eigenvalue weighted by atomic mass is 19.4. The normalized spacial score (nSPS) is 15.7. The molecular weight excluding hydrogens is 455 g/mol. The quantitative estimate of drug-likeness (QED) is 0.485. The van der Waals surface area contributed by atoms with Crippen LogP contribution in [0.1, 0.15) is 35.4 Å². The molecule has 1 saturated carbocycles. The van der Waals surface area contributed by atoms with Gasteiger partial charge in [0, 0.05) is 18.9 Å². The molecule has 2 N–H and O–H groups in total. The number of hydrogen-bond donors (Lipinski definition) is 2. The minimum absolute atomic E-state index is 0.290. The monoisotopic (exact) mass is 477 g/mol. The van der Waals surface area contributed by atoms with Crippen molar-refractivity contribution in [3.63, 3.8) is 0 Å². The molecule has 1 aliphatic carbocycles. The number of halogens is 3. The van der Waals surface area contributed by atoms with Gasteiger partial charge in [-0.2, -0.15) is 28.1 Å². The van der Waals surface area contributed by atoms with Crippen molar-refractivity contribution < 1.29 is 13.2 Å². The molecule has 0 saturated heterocycles. The average Bonchev–Trinajstić information content (AvgIpc) is 3.60. The Kier molecular flexibility index (Phi) is 6.26. The standard InChI is InChI=1S/C25H22F3N7/c26-25(27,28)20-5-1-3-16(11-20)6-9-21-32-23(31-14-17-4-2-10-29-13-17)35-24(33-21)34-22-12-19(15-30-22)18-7-8-18/h1-6,9-13,18H,7-8,14-15H2,(H2,30,31,32,33,34,35)/b9-6+. The zero-order chi connectivity index (χ0) is 24.3. The summed E-state index contributed by atoms with van der Waals surface area (Å²) in [5.74, 6) is 2.21. The van der Waals surface area contributed by atoms with Gasteiger partial charge in [-0.15, -0.1) is 0 Å². The Morgan fingerprint density at radius 2 is 1.86 bits per heavy atom. The van der Waals surface area contributed by atoms with Crippen LogP contribution >= 0.6 is 0 Å². The lowest BCUT2D eigenvalue weighted by Gasteiger charge is -2.09. The van der Waals surface area contributed by atoms with Gasteiger partial charge in [-0.1, -0.05) is 24.3 Å². The minimum Gasteiger partial charge on any atom is -0.350 e. The molecule has 2 aliphatic rings. The van der Waals surface area contributed by atoms with Gasteiger partial charge in [0.25, 0.3) is 0 Å². The maximum atomic E-state index is 13.0. The van der Waals surface area contributed by atoms with Crippen molar-refractivity contribution in [3.8, 4) is 0 Å². The van der Waals surface area contributed by atoms with E-state index in [0.717, 1.165) is 17.7 Å². The summed E-state index contributed by atoms with van der Waals surface area (Å²) in [7, 11) is 0. The summed E-state index contributed by atoms with van der Waals surface area (Å²) in [6.07, 6.45) is 6.54. The van der Waals surface area contributed by atoms with Gasteiger partial charge in [0.15, 0.2) is 5.82 Å². The van der Waals surface area contributed by atoms with Crippen LogP contribution in [0.2, 0.25) is 0 Å². The summed E-state index contributed by atoms with van der Waals surface area (Å²) in [5, 5.41) is 6.29. The molecule has 5 rings (SSSR count). The Morgan fingerprint density at radius 3 is 2.63 bits per heavy atom. The van der Waals surface area contributed by atoms with Gasteiger partial charge in [0.2, 0.25) is 11.9 Å². The molecule has 10 heteroatoms. The van der Waals surface area contributed by atoms with Crippen molar-refractivity contribution in [1.29, 1.82) is 0 Å². The molecule has 2 aromatic heterocycles. The van der Waals surface area contributed by atoms with Gasteiger partial charge in [-0.25, -0.2) is 0 Å². The largest absolute Gasteiger partial charge is 0.416 e. The van der Waals surface area contributed by atoms with Crippen molar-refractivity contribution in [2.75, 3.05) is 17.2 Å². The van der Waals surface area contributed by atoms with E-state index < -0.39 is 11.7 Å². The van der Waals surface area contributed by atoms with Crippen LogP contribution in [0.5, 0.6) is 0 Å². The van der Waals surface area contributed by atoms with E-state index in [-0.39, 0.29) is 0 Å². The van der Waals surface area contributed by atoms with Crippen molar-refractivity contribution in [2.45, 2.75) is 25.6 Å². The van der Waals surface area contributed by atoms with Gasteiger partial charge < -0.3 is 10.6 Å². The molecule has 1 fully saturated rings. The third-order valence-electron chi connectivity index (χ3n) is 5.56. The third kappa shape index (κ3) is 6.08. The fourth-order valence-corrected chi connectivity index (χ4v) is 3.61. The second-order valence-electron chi connectivity index (χ2n) is 8.33. The average molecular weight is 477 g/mol. The van der Waals surface area contributed by atoms with E-state index in [9.17, 15) is 13.2 Å². The summed E-state index contributed by atoms with van der Waals surface area (Å²) >= 11 is 0. The number of hydrogen-bond acceptors (Lipinski definition) is 7. The predicted molar refractivity (Wildman–Crippen MR) is 128 cm³/mol. The van der Waals surface area contributed by atoms with Crippen LogP contribution < -0.4 is 10.6 Å². The number of amidine groups is 1. The number of rotatable bonds is 7. The highest BCUT2D eigenvalue weighted by molar-refractivity contribution is 6.05. The molecule has 0 radical (unpaired) electrons. The molecule has 178 valence electrons.